The number of aromatic nitrogens is 2. The Hall–Kier alpha value is -2.14. The number of benzene rings is 1. The molecule has 1 aromatic heterocycles. The van der Waals surface area contributed by atoms with E-state index < -0.39 is 0 Å². The zero-order valence-corrected chi connectivity index (χ0v) is 15.2. The van der Waals surface area contributed by atoms with E-state index in [1.807, 2.05) is 24.3 Å². The van der Waals surface area contributed by atoms with Crippen LogP contribution in [-0.4, -0.2) is 35.8 Å². The second kappa shape index (κ2) is 8.81. The molecule has 0 amide bonds. The molecule has 2 aromatic rings. The average molecular weight is 340 g/mol. The van der Waals surface area contributed by atoms with Gasteiger partial charge in [0.05, 0.1) is 11.8 Å². The molecule has 1 saturated heterocycles. The van der Waals surface area contributed by atoms with Crippen molar-refractivity contribution in [2.75, 3.05) is 30.3 Å². The first-order valence-corrected chi connectivity index (χ1v) is 9.24. The lowest BCUT2D eigenvalue weighted by atomic mass is 10.1. The van der Waals surface area contributed by atoms with Crippen molar-refractivity contribution in [3.05, 3.63) is 36.4 Å². The first kappa shape index (κ1) is 17.7. The van der Waals surface area contributed by atoms with E-state index in [1.165, 1.54) is 0 Å². The molecule has 0 aliphatic carbocycles. The van der Waals surface area contributed by atoms with Crippen molar-refractivity contribution in [3.8, 4) is 11.3 Å². The van der Waals surface area contributed by atoms with Crippen LogP contribution in [-0.2, 0) is 4.74 Å². The Kier molecular flexibility index (Phi) is 6.23. The van der Waals surface area contributed by atoms with E-state index in [9.17, 15) is 0 Å². The van der Waals surface area contributed by atoms with Gasteiger partial charge in [-0.1, -0.05) is 44.2 Å². The van der Waals surface area contributed by atoms with Gasteiger partial charge in [-0.05, 0) is 25.2 Å². The number of ether oxygens (including phenoxy) is 1. The van der Waals surface area contributed by atoms with Crippen molar-refractivity contribution in [1.82, 2.24) is 9.97 Å². The summed E-state index contributed by atoms with van der Waals surface area (Å²) in [5.41, 5.74) is 2.02. The van der Waals surface area contributed by atoms with Crippen molar-refractivity contribution in [2.24, 2.45) is 5.92 Å². The predicted octanol–water partition coefficient (Wildman–Crippen LogP) is 4.19. The van der Waals surface area contributed by atoms with Gasteiger partial charge in [0.15, 0.2) is 0 Å². The summed E-state index contributed by atoms with van der Waals surface area (Å²) in [6, 6.07) is 12.2. The van der Waals surface area contributed by atoms with Crippen LogP contribution in [0.2, 0.25) is 0 Å². The number of hydrogen-bond acceptors (Lipinski definition) is 5. The molecule has 2 heterocycles. The molecule has 25 heavy (non-hydrogen) atoms. The van der Waals surface area contributed by atoms with E-state index in [-0.39, 0.29) is 6.10 Å². The SMILES string of the molecule is CC(C)CCNc1cc(-c2ccccc2)nc(NCC2CCCO2)n1. The molecule has 5 nitrogen and oxygen atoms in total. The van der Waals surface area contributed by atoms with Crippen molar-refractivity contribution in [2.45, 2.75) is 39.2 Å². The summed E-state index contributed by atoms with van der Waals surface area (Å²) in [6.45, 7) is 6.98. The van der Waals surface area contributed by atoms with Gasteiger partial charge in [-0.25, -0.2) is 4.98 Å². The van der Waals surface area contributed by atoms with E-state index >= 15 is 0 Å². The molecule has 1 aromatic carbocycles. The fourth-order valence-electron chi connectivity index (χ4n) is 2.87. The molecule has 134 valence electrons. The molecular formula is C20H28N4O. The molecule has 3 rings (SSSR count). The van der Waals surface area contributed by atoms with Gasteiger partial charge in [0.25, 0.3) is 0 Å². The van der Waals surface area contributed by atoms with Gasteiger partial charge in [-0.2, -0.15) is 4.98 Å². The van der Waals surface area contributed by atoms with Gasteiger partial charge in [-0.15, -0.1) is 0 Å². The predicted molar refractivity (Wildman–Crippen MR) is 103 cm³/mol. The molecule has 1 fully saturated rings. The highest BCUT2D eigenvalue weighted by Gasteiger charge is 2.16. The van der Waals surface area contributed by atoms with Gasteiger partial charge in [0.1, 0.15) is 5.82 Å². The van der Waals surface area contributed by atoms with Gasteiger partial charge in [-0.3, -0.25) is 0 Å². The molecule has 1 unspecified atom stereocenters. The fourth-order valence-corrected chi connectivity index (χ4v) is 2.87. The van der Waals surface area contributed by atoms with Crippen LogP contribution in [0.3, 0.4) is 0 Å². The van der Waals surface area contributed by atoms with E-state index in [4.69, 9.17) is 9.72 Å². The molecule has 0 bridgehead atoms. The van der Waals surface area contributed by atoms with E-state index in [2.05, 4.69) is 41.6 Å². The Bertz CT molecular complexity index is 654. The molecule has 0 spiro atoms. The summed E-state index contributed by atoms with van der Waals surface area (Å²) in [5, 5.41) is 6.78. The number of nitrogens with zero attached hydrogens (tertiary/aromatic N) is 2. The van der Waals surface area contributed by atoms with E-state index in [1.54, 1.807) is 0 Å². The fraction of sp³-hybridized carbons (Fsp3) is 0.500. The maximum Gasteiger partial charge on any atom is 0.225 e. The van der Waals surface area contributed by atoms with Crippen LogP contribution in [0.4, 0.5) is 11.8 Å². The Labute approximate surface area is 150 Å². The van der Waals surface area contributed by atoms with Crippen LogP contribution in [0.25, 0.3) is 11.3 Å². The average Bonchev–Trinajstić information content (AvgIpc) is 3.14. The lowest BCUT2D eigenvalue weighted by molar-refractivity contribution is 0.120. The summed E-state index contributed by atoms with van der Waals surface area (Å²) in [7, 11) is 0. The third-order valence-electron chi connectivity index (χ3n) is 4.34. The molecule has 2 N–H and O–H groups in total. The minimum Gasteiger partial charge on any atom is -0.376 e. The second-order valence-electron chi connectivity index (χ2n) is 6.95. The summed E-state index contributed by atoms with van der Waals surface area (Å²) in [4.78, 5) is 9.32. The topological polar surface area (TPSA) is 59.1 Å². The molecule has 1 aliphatic rings. The van der Waals surface area contributed by atoms with Gasteiger partial charge in [0, 0.05) is 31.3 Å². The molecule has 5 heteroatoms. The lowest BCUT2D eigenvalue weighted by Gasteiger charge is -2.14. The van der Waals surface area contributed by atoms with Crippen molar-refractivity contribution in [1.29, 1.82) is 0 Å². The van der Waals surface area contributed by atoms with Crippen LogP contribution in [0.5, 0.6) is 0 Å². The van der Waals surface area contributed by atoms with Crippen molar-refractivity contribution in [3.63, 3.8) is 0 Å². The van der Waals surface area contributed by atoms with Gasteiger partial charge < -0.3 is 15.4 Å². The standard InChI is InChI=1S/C20H28N4O/c1-15(2)10-11-21-19-13-18(16-7-4-3-5-8-16)23-20(24-19)22-14-17-9-6-12-25-17/h3-5,7-8,13,15,17H,6,9-12,14H2,1-2H3,(H2,21,22,23,24). The minimum atomic E-state index is 0.265. The summed E-state index contributed by atoms with van der Waals surface area (Å²) >= 11 is 0. The Morgan fingerprint density at radius 3 is 2.72 bits per heavy atom. The zero-order chi connectivity index (χ0) is 17.5. The smallest absolute Gasteiger partial charge is 0.225 e. The van der Waals surface area contributed by atoms with Gasteiger partial charge >= 0.3 is 0 Å². The quantitative estimate of drug-likeness (QED) is 0.754. The third-order valence-corrected chi connectivity index (χ3v) is 4.34. The summed E-state index contributed by atoms with van der Waals surface area (Å²) in [6.07, 6.45) is 3.62. The maximum atomic E-state index is 5.68. The minimum absolute atomic E-state index is 0.265. The summed E-state index contributed by atoms with van der Waals surface area (Å²) in [5.74, 6) is 2.19. The molecule has 1 aliphatic heterocycles. The number of rotatable bonds is 8. The number of hydrogen-bond donors (Lipinski definition) is 2. The first-order valence-electron chi connectivity index (χ1n) is 9.24. The lowest BCUT2D eigenvalue weighted by Crippen LogP contribution is -2.20. The first-order chi connectivity index (χ1) is 12.2. The largest absolute Gasteiger partial charge is 0.376 e. The molecular weight excluding hydrogens is 312 g/mol. The number of anilines is 2. The zero-order valence-electron chi connectivity index (χ0n) is 15.2. The number of nitrogens with one attached hydrogen (secondary N) is 2. The Morgan fingerprint density at radius 1 is 1.16 bits per heavy atom. The molecule has 1 atom stereocenters. The molecule has 0 saturated carbocycles. The molecule has 0 radical (unpaired) electrons. The van der Waals surface area contributed by atoms with Crippen LogP contribution >= 0.6 is 0 Å². The second-order valence-corrected chi connectivity index (χ2v) is 6.95. The highest BCUT2D eigenvalue weighted by Crippen LogP contribution is 2.22. The van der Waals surface area contributed by atoms with Crippen LogP contribution in [0, 0.1) is 5.92 Å². The third kappa shape index (κ3) is 5.43. The maximum absolute atomic E-state index is 5.68. The Morgan fingerprint density at radius 2 is 2.00 bits per heavy atom. The van der Waals surface area contributed by atoms with Crippen molar-refractivity contribution < 1.29 is 4.74 Å². The highest BCUT2D eigenvalue weighted by atomic mass is 16.5. The Balaban J connectivity index is 1.75. The monoisotopic (exact) mass is 340 g/mol. The highest BCUT2D eigenvalue weighted by molar-refractivity contribution is 5.64. The van der Waals surface area contributed by atoms with Gasteiger partial charge in [0.2, 0.25) is 5.95 Å². The van der Waals surface area contributed by atoms with Crippen LogP contribution in [0.1, 0.15) is 33.1 Å². The van der Waals surface area contributed by atoms with E-state index in [0.717, 1.165) is 56.0 Å². The van der Waals surface area contributed by atoms with Crippen molar-refractivity contribution >= 4 is 11.8 Å². The van der Waals surface area contributed by atoms with Crippen LogP contribution in [0.15, 0.2) is 36.4 Å². The summed E-state index contributed by atoms with van der Waals surface area (Å²) < 4.78 is 5.68. The normalized spacial score (nSPS) is 17.0. The van der Waals surface area contributed by atoms with E-state index in [0.29, 0.717) is 11.9 Å². The van der Waals surface area contributed by atoms with Crippen LogP contribution < -0.4 is 10.6 Å².